The van der Waals surface area contributed by atoms with Gasteiger partial charge in [-0.15, -0.1) is 0 Å². The van der Waals surface area contributed by atoms with Crippen molar-refractivity contribution in [3.05, 3.63) is 82.4 Å². The van der Waals surface area contributed by atoms with E-state index in [1.54, 1.807) is 43.3 Å². The summed E-state index contributed by atoms with van der Waals surface area (Å²) in [5.74, 6) is -1.55. The third kappa shape index (κ3) is 4.99. The quantitative estimate of drug-likeness (QED) is 0.222. The van der Waals surface area contributed by atoms with Crippen molar-refractivity contribution in [1.29, 1.82) is 0 Å². The summed E-state index contributed by atoms with van der Waals surface area (Å²) < 4.78 is 11.1. The number of carbonyl (C=O) groups is 2. The molecule has 1 fully saturated rings. The second-order valence-electron chi connectivity index (χ2n) is 8.81. The number of phenolic OH excluding ortho intramolecular Hbond substituents is 1. The first-order valence-corrected chi connectivity index (χ1v) is 12.5. The third-order valence-corrected chi connectivity index (χ3v) is 6.52. The molecule has 0 radical (unpaired) electrons. The zero-order chi connectivity index (χ0) is 27.6. The predicted octanol–water partition coefficient (Wildman–Crippen LogP) is 5.54. The smallest absolute Gasteiger partial charge is 0.300 e. The van der Waals surface area contributed by atoms with Crippen molar-refractivity contribution in [3.63, 3.8) is 0 Å². The van der Waals surface area contributed by atoms with Gasteiger partial charge in [-0.05, 0) is 74.0 Å². The van der Waals surface area contributed by atoms with Crippen molar-refractivity contribution >= 4 is 40.4 Å². The molecule has 9 heteroatoms. The summed E-state index contributed by atoms with van der Waals surface area (Å²) in [5.41, 5.74) is 1.84. The second kappa shape index (κ2) is 11.1. The van der Waals surface area contributed by atoms with Gasteiger partial charge in [0.15, 0.2) is 11.5 Å². The molecule has 0 saturated carbocycles. The Morgan fingerprint density at radius 1 is 0.974 bits per heavy atom. The van der Waals surface area contributed by atoms with Crippen molar-refractivity contribution in [2.75, 3.05) is 37.1 Å². The predicted molar refractivity (Wildman–Crippen MR) is 147 cm³/mol. The number of hydrogen-bond acceptors (Lipinski definition) is 7. The summed E-state index contributed by atoms with van der Waals surface area (Å²) in [5, 5.41) is 21.9. The molecule has 0 spiro atoms. The number of amides is 1. The first-order chi connectivity index (χ1) is 18.2. The van der Waals surface area contributed by atoms with Crippen LogP contribution in [0.15, 0.2) is 66.2 Å². The van der Waals surface area contributed by atoms with Crippen LogP contribution in [0.5, 0.6) is 17.2 Å². The first-order valence-electron chi connectivity index (χ1n) is 12.1. The number of nitrogens with zero attached hydrogens (tertiary/aromatic N) is 2. The van der Waals surface area contributed by atoms with Gasteiger partial charge in [0.1, 0.15) is 11.5 Å². The van der Waals surface area contributed by atoms with Crippen LogP contribution in [0.4, 0.5) is 11.4 Å². The van der Waals surface area contributed by atoms with Gasteiger partial charge in [0, 0.05) is 31.0 Å². The van der Waals surface area contributed by atoms with E-state index in [0.29, 0.717) is 30.2 Å². The molecule has 1 saturated heterocycles. The lowest BCUT2D eigenvalue weighted by Crippen LogP contribution is -2.29. The number of Topliss-reactive ketones (excluding diaryl/α,β-unsaturated/α-hetero) is 1. The monoisotopic (exact) mass is 536 g/mol. The Morgan fingerprint density at radius 3 is 2.29 bits per heavy atom. The van der Waals surface area contributed by atoms with Crippen LogP contribution in [0, 0.1) is 0 Å². The van der Waals surface area contributed by atoms with Gasteiger partial charge >= 0.3 is 0 Å². The van der Waals surface area contributed by atoms with Crippen molar-refractivity contribution < 1.29 is 29.3 Å². The molecule has 3 aromatic carbocycles. The number of aliphatic hydroxyl groups is 1. The number of aliphatic hydroxyl groups excluding tert-OH is 1. The second-order valence-corrected chi connectivity index (χ2v) is 9.22. The van der Waals surface area contributed by atoms with E-state index in [4.69, 9.17) is 21.1 Å². The lowest BCUT2D eigenvalue weighted by Gasteiger charge is -2.26. The van der Waals surface area contributed by atoms with Gasteiger partial charge < -0.3 is 24.6 Å². The Hall–Kier alpha value is -4.17. The molecule has 1 aliphatic heterocycles. The highest BCUT2D eigenvalue weighted by Crippen LogP contribution is 2.45. The van der Waals surface area contributed by atoms with Crippen LogP contribution < -0.4 is 19.3 Å². The van der Waals surface area contributed by atoms with Crippen molar-refractivity contribution in [3.8, 4) is 17.2 Å². The van der Waals surface area contributed by atoms with E-state index in [0.717, 1.165) is 5.69 Å². The summed E-state index contributed by atoms with van der Waals surface area (Å²) in [6.45, 7) is 4.28. The Balaban J connectivity index is 1.95. The fourth-order valence-electron chi connectivity index (χ4n) is 4.38. The number of anilines is 2. The van der Waals surface area contributed by atoms with Crippen LogP contribution in [0.3, 0.4) is 0 Å². The third-order valence-electron chi connectivity index (χ3n) is 6.19. The van der Waals surface area contributed by atoms with Crippen LogP contribution in [-0.2, 0) is 9.59 Å². The number of carbonyl (C=O) groups excluding carboxylic acids is 2. The fraction of sp³-hybridized carbons (Fsp3) is 0.241. The van der Waals surface area contributed by atoms with Gasteiger partial charge in [0.2, 0.25) is 0 Å². The van der Waals surface area contributed by atoms with E-state index in [-0.39, 0.29) is 27.7 Å². The average molecular weight is 537 g/mol. The number of ether oxygens (including phenoxy) is 2. The molecule has 1 unspecified atom stereocenters. The van der Waals surface area contributed by atoms with E-state index in [1.165, 1.54) is 17.0 Å². The van der Waals surface area contributed by atoms with Crippen molar-refractivity contribution in [2.45, 2.75) is 19.9 Å². The molecular formula is C29H29ClN2O6. The number of phenols is 1. The van der Waals surface area contributed by atoms with Gasteiger partial charge in [-0.25, -0.2) is 0 Å². The zero-order valence-electron chi connectivity index (χ0n) is 21.6. The highest BCUT2D eigenvalue weighted by atomic mass is 35.5. The topological polar surface area (TPSA) is 99.5 Å². The zero-order valence-corrected chi connectivity index (χ0v) is 22.3. The number of rotatable bonds is 8. The molecule has 4 rings (SSSR count). The molecule has 8 nitrogen and oxygen atoms in total. The molecular weight excluding hydrogens is 508 g/mol. The summed E-state index contributed by atoms with van der Waals surface area (Å²) in [6, 6.07) is 15.4. The number of halogens is 1. The minimum atomic E-state index is -1.02. The van der Waals surface area contributed by atoms with Crippen LogP contribution in [0.25, 0.3) is 5.76 Å². The van der Waals surface area contributed by atoms with Gasteiger partial charge in [0.25, 0.3) is 11.7 Å². The first kappa shape index (κ1) is 26.9. The molecule has 1 aliphatic rings. The van der Waals surface area contributed by atoms with Crippen LogP contribution in [-0.4, -0.2) is 49.2 Å². The SMILES string of the molecule is CCOc1ccc(Cl)c(/C(O)=C2\C(=O)C(=O)N(c3ccc(N(C)C)cc3)C2c2ccc(O)c(OCC)c2)c1. The number of ketones is 1. The van der Waals surface area contributed by atoms with Crippen LogP contribution in [0.2, 0.25) is 5.02 Å². The molecule has 1 heterocycles. The summed E-state index contributed by atoms with van der Waals surface area (Å²) >= 11 is 6.42. The van der Waals surface area contributed by atoms with Gasteiger partial charge in [-0.3, -0.25) is 14.5 Å². The molecule has 3 aromatic rings. The normalized spacial score (nSPS) is 16.6. The molecule has 1 amide bonds. The minimum absolute atomic E-state index is 0.0876. The standard InChI is InChI=1S/C29H29ClN2O6/c1-5-37-20-12-13-22(30)21(16-20)27(34)25-26(17-7-14-23(33)24(15-17)38-6-2)32(29(36)28(25)35)19-10-8-18(9-11-19)31(3)4/h7-16,26,33-34H,5-6H2,1-4H3/b27-25+. The molecule has 1 atom stereocenters. The van der Waals surface area contributed by atoms with E-state index in [2.05, 4.69) is 0 Å². The molecule has 0 aromatic heterocycles. The molecule has 0 bridgehead atoms. The summed E-state index contributed by atoms with van der Waals surface area (Å²) in [6.07, 6.45) is 0. The lowest BCUT2D eigenvalue weighted by molar-refractivity contribution is -0.132. The highest BCUT2D eigenvalue weighted by molar-refractivity contribution is 6.52. The fourth-order valence-corrected chi connectivity index (χ4v) is 4.59. The Labute approximate surface area is 226 Å². The van der Waals surface area contributed by atoms with Crippen LogP contribution in [0.1, 0.15) is 31.0 Å². The molecule has 198 valence electrons. The molecule has 38 heavy (non-hydrogen) atoms. The van der Waals surface area contributed by atoms with Gasteiger partial charge in [-0.1, -0.05) is 17.7 Å². The Morgan fingerprint density at radius 2 is 1.66 bits per heavy atom. The minimum Gasteiger partial charge on any atom is -0.507 e. The molecule has 0 aliphatic carbocycles. The van der Waals surface area contributed by atoms with E-state index >= 15 is 0 Å². The maximum absolute atomic E-state index is 13.5. The molecule has 2 N–H and O–H groups in total. The van der Waals surface area contributed by atoms with E-state index in [1.807, 2.05) is 38.1 Å². The largest absolute Gasteiger partial charge is 0.507 e. The van der Waals surface area contributed by atoms with E-state index in [9.17, 15) is 19.8 Å². The van der Waals surface area contributed by atoms with Gasteiger partial charge in [-0.2, -0.15) is 0 Å². The maximum Gasteiger partial charge on any atom is 0.300 e. The Kier molecular flexibility index (Phi) is 7.83. The maximum atomic E-state index is 13.5. The summed E-state index contributed by atoms with van der Waals surface area (Å²) in [7, 11) is 3.79. The Bertz CT molecular complexity index is 1400. The lowest BCUT2D eigenvalue weighted by atomic mass is 9.94. The number of benzene rings is 3. The highest BCUT2D eigenvalue weighted by Gasteiger charge is 2.47. The van der Waals surface area contributed by atoms with Crippen LogP contribution >= 0.6 is 11.6 Å². The van der Waals surface area contributed by atoms with Crippen molar-refractivity contribution in [2.24, 2.45) is 0 Å². The van der Waals surface area contributed by atoms with Crippen molar-refractivity contribution in [1.82, 2.24) is 0 Å². The summed E-state index contributed by atoms with van der Waals surface area (Å²) in [4.78, 5) is 30.2. The number of aromatic hydroxyl groups is 1. The van der Waals surface area contributed by atoms with E-state index < -0.39 is 23.5 Å². The van der Waals surface area contributed by atoms with Gasteiger partial charge in [0.05, 0.1) is 29.9 Å². The average Bonchev–Trinajstić information content (AvgIpc) is 3.16. The number of hydrogen-bond donors (Lipinski definition) is 2.